The van der Waals surface area contributed by atoms with Gasteiger partial charge in [-0.3, -0.25) is 0 Å². The average molecular weight is 246 g/mol. The number of fused-ring (bicyclic) bond motifs is 1. The Morgan fingerprint density at radius 3 is 2.83 bits per heavy atom. The molecule has 0 fully saturated rings. The van der Waals surface area contributed by atoms with Gasteiger partial charge in [-0.1, -0.05) is 0 Å². The van der Waals surface area contributed by atoms with Gasteiger partial charge >= 0.3 is 0 Å². The van der Waals surface area contributed by atoms with Crippen LogP contribution >= 0.6 is 0 Å². The van der Waals surface area contributed by atoms with Crippen molar-refractivity contribution in [2.24, 2.45) is 5.73 Å². The number of rotatable bonds is 2. The number of nitrogens with zero attached hydrogens (tertiary/aromatic N) is 1. The minimum Gasteiger partial charge on any atom is -0.490 e. The van der Waals surface area contributed by atoms with Gasteiger partial charge in [0.1, 0.15) is 11.5 Å². The van der Waals surface area contributed by atoms with Crippen LogP contribution in [0.1, 0.15) is 12.2 Å². The maximum atomic E-state index is 5.65. The lowest BCUT2D eigenvalue weighted by atomic mass is 10.1. The number of ether oxygens (including phenoxy) is 2. The summed E-state index contributed by atoms with van der Waals surface area (Å²) in [5.41, 5.74) is 7.29. The minimum absolute atomic E-state index is 0.323. The highest BCUT2D eigenvalue weighted by Crippen LogP contribution is 2.34. The van der Waals surface area contributed by atoms with Gasteiger partial charge in [-0.25, -0.2) is 4.98 Å². The van der Waals surface area contributed by atoms with Crippen LogP contribution in [0.15, 0.2) is 29.0 Å². The van der Waals surface area contributed by atoms with E-state index in [-0.39, 0.29) is 0 Å². The standard InChI is InChI=1S/C13H14N2O3/c14-7-12-13(15-8-18-12)9-2-3-10-11(6-9)17-5-1-4-16-10/h2-3,6,8H,1,4-5,7,14H2. The first kappa shape index (κ1) is 11.1. The lowest BCUT2D eigenvalue weighted by Gasteiger charge is -2.08. The molecule has 0 unspecified atom stereocenters. The summed E-state index contributed by atoms with van der Waals surface area (Å²) in [6.07, 6.45) is 2.29. The number of aromatic nitrogens is 1. The zero-order chi connectivity index (χ0) is 12.4. The van der Waals surface area contributed by atoms with Gasteiger partial charge < -0.3 is 19.6 Å². The first-order valence-electron chi connectivity index (χ1n) is 5.91. The van der Waals surface area contributed by atoms with Crippen LogP contribution in [0.2, 0.25) is 0 Å². The third kappa shape index (κ3) is 1.93. The van der Waals surface area contributed by atoms with E-state index in [0.29, 0.717) is 25.5 Å². The molecule has 0 spiro atoms. The maximum absolute atomic E-state index is 5.65. The van der Waals surface area contributed by atoms with Gasteiger partial charge in [0, 0.05) is 12.0 Å². The number of oxazole rings is 1. The van der Waals surface area contributed by atoms with E-state index >= 15 is 0 Å². The summed E-state index contributed by atoms with van der Waals surface area (Å²) in [4.78, 5) is 4.19. The summed E-state index contributed by atoms with van der Waals surface area (Å²) >= 11 is 0. The Kier molecular flexibility index (Phi) is 2.90. The Bertz CT molecular complexity index is 551. The van der Waals surface area contributed by atoms with E-state index in [0.717, 1.165) is 29.2 Å². The molecule has 0 aliphatic carbocycles. The van der Waals surface area contributed by atoms with Gasteiger partial charge in [0.2, 0.25) is 0 Å². The van der Waals surface area contributed by atoms with Gasteiger partial charge in [0.15, 0.2) is 17.9 Å². The third-order valence-corrected chi connectivity index (χ3v) is 2.85. The third-order valence-electron chi connectivity index (χ3n) is 2.85. The maximum Gasteiger partial charge on any atom is 0.181 e. The fraction of sp³-hybridized carbons (Fsp3) is 0.308. The molecule has 1 aromatic carbocycles. The van der Waals surface area contributed by atoms with Gasteiger partial charge in [-0.2, -0.15) is 0 Å². The Balaban J connectivity index is 2.01. The van der Waals surface area contributed by atoms with Crippen molar-refractivity contribution < 1.29 is 13.9 Å². The molecular weight excluding hydrogens is 232 g/mol. The van der Waals surface area contributed by atoms with E-state index in [1.54, 1.807) is 0 Å². The van der Waals surface area contributed by atoms with Crippen LogP contribution in [0.5, 0.6) is 11.5 Å². The Morgan fingerprint density at radius 1 is 1.17 bits per heavy atom. The van der Waals surface area contributed by atoms with E-state index in [1.165, 1.54) is 6.39 Å². The van der Waals surface area contributed by atoms with E-state index in [1.807, 2.05) is 18.2 Å². The molecule has 0 saturated carbocycles. The fourth-order valence-electron chi connectivity index (χ4n) is 1.96. The second kappa shape index (κ2) is 4.70. The van der Waals surface area contributed by atoms with Crippen molar-refractivity contribution in [2.45, 2.75) is 13.0 Å². The van der Waals surface area contributed by atoms with Crippen LogP contribution in [0.4, 0.5) is 0 Å². The first-order valence-corrected chi connectivity index (χ1v) is 5.91. The quantitative estimate of drug-likeness (QED) is 0.877. The largest absolute Gasteiger partial charge is 0.490 e. The van der Waals surface area contributed by atoms with Crippen LogP contribution in [0.25, 0.3) is 11.3 Å². The Morgan fingerprint density at radius 2 is 2.00 bits per heavy atom. The van der Waals surface area contributed by atoms with Gasteiger partial charge in [-0.15, -0.1) is 0 Å². The van der Waals surface area contributed by atoms with Crippen molar-refractivity contribution in [1.82, 2.24) is 4.98 Å². The molecule has 5 nitrogen and oxygen atoms in total. The van der Waals surface area contributed by atoms with E-state index in [9.17, 15) is 0 Å². The van der Waals surface area contributed by atoms with Crippen molar-refractivity contribution in [1.29, 1.82) is 0 Å². The van der Waals surface area contributed by atoms with Gasteiger partial charge in [0.05, 0.1) is 19.8 Å². The van der Waals surface area contributed by atoms with Crippen LogP contribution < -0.4 is 15.2 Å². The molecule has 5 heteroatoms. The number of hydrogen-bond acceptors (Lipinski definition) is 5. The molecule has 0 amide bonds. The highest BCUT2D eigenvalue weighted by atomic mass is 16.5. The molecule has 18 heavy (non-hydrogen) atoms. The van der Waals surface area contributed by atoms with Gasteiger partial charge in [-0.05, 0) is 18.2 Å². The molecule has 3 rings (SSSR count). The molecule has 1 aromatic heterocycles. The fourth-order valence-corrected chi connectivity index (χ4v) is 1.96. The van der Waals surface area contributed by atoms with Crippen molar-refractivity contribution in [2.75, 3.05) is 13.2 Å². The molecule has 1 aliphatic heterocycles. The summed E-state index contributed by atoms with van der Waals surface area (Å²) in [7, 11) is 0. The molecule has 94 valence electrons. The monoisotopic (exact) mass is 246 g/mol. The summed E-state index contributed by atoms with van der Waals surface area (Å²) in [5.74, 6) is 2.19. The van der Waals surface area contributed by atoms with Crippen molar-refractivity contribution in [3.63, 3.8) is 0 Å². The van der Waals surface area contributed by atoms with Crippen LogP contribution in [-0.2, 0) is 6.54 Å². The molecule has 2 aromatic rings. The second-order valence-corrected chi connectivity index (χ2v) is 4.04. The summed E-state index contributed by atoms with van der Waals surface area (Å²) in [5, 5.41) is 0. The van der Waals surface area contributed by atoms with Crippen molar-refractivity contribution in [3.8, 4) is 22.8 Å². The highest BCUT2D eigenvalue weighted by Gasteiger charge is 2.14. The zero-order valence-electron chi connectivity index (χ0n) is 9.89. The van der Waals surface area contributed by atoms with Crippen LogP contribution in [-0.4, -0.2) is 18.2 Å². The van der Waals surface area contributed by atoms with E-state index < -0.39 is 0 Å². The van der Waals surface area contributed by atoms with Crippen molar-refractivity contribution >= 4 is 0 Å². The Hall–Kier alpha value is -2.01. The lowest BCUT2D eigenvalue weighted by Crippen LogP contribution is -1.97. The normalized spacial score (nSPS) is 14.3. The molecule has 1 aliphatic rings. The number of nitrogens with two attached hydrogens (primary N) is 1. The highest BCUT2D eigenvalue weighted by molar-refractivity contribution is 5.65. The lowest BCUT2D eigenvalue weighted by molar-refractivity contribution is 0.297. The van der Waals surface area contributed by atoms with Crippen LogP contribution in [0.3, 0.4) is 0 Å². The predicted octanol–water partition coefficient (Wildman–Crippen LogP) is 1.96. The van der Waals surface area contributed by atoms with Gasteiger partial charge in [0.25, 0.3) is 0 Å². The van der Waals surface area contributed by atoms with Crippen LogP contribution in [0, 0.1) is 0 Å². The SMILES string of the molecule is NCc1ocnc1-c1ccc2c(c1)OCCCO2. The molecule has 0 saturated heterocycles. The van der Waals surface area contributed by atoms with Crippen molar-refractivity contribution in [3.05, 3.63) is 30.4 Å². The number of hydrogen-bond donors (Lipinski definition) is 1. The molecule has 0 atom stereocenters. The molecule has 2 N–H and O–H groups in total. The summed E-state index contributed by atoms with van der Waals surface area (Å²) in [6, 6.07) is 5.74. The first-order chi connectivity index (χ1) is 8.88. The molecule has 2 heterocycles. The second-order valence-electron chi connectivity index (χ2n) is 4.04. The predicted molar refractivity (Wildman–Crippen MR) is 65.4 cm³/mol. The minimum atomic E-state index is 0.323. The molecular formula is C13H14N2O3. The number of benzene rings is 1. The smallest absolute Gasteiger partial charge is 0.181 e. The average Bonchev–Trinajstić information content (AvgIpc) is 2.76. The topological polar surface area (TPSA) is 70.5 Å². The zero-order valence-corrected chi connectivity index (χ0v) is 9.89. The van der Waals surface area contributed by atoms with E-state index in [4.69, 9.17) is 19.6 Å². The summed E-state index contributed by atoms with van der Waals surface area (Å²) < 4.78 is 16.5. The molecule has 0 bridgehead atoms. The van der Waals surface area contributed by atoms with E-state index in [2.05, 4.69) is 4.98 Å². The summed E-state index contributed by atoms with van der Waals surface area (Å²) in [6.45, 7) is 1.67. The Labute approximate surface area is 105 Å². The molecule has 0 radical (unpaired) electrons.